The lowest BCUT2D eigenvalue weighted by molar-refractivity contribution is -0.118. The van der Waals surface area contributed by atoms with Crippen LogP contribution in [0.25, 0.3) is 0 Å². The number of fused-ring (bicyclic) bond motifs is 1. The number of hydrogen-bond acceptors (Lipinski definition) is 4. The molecule has 0 aromatic heterocycles. The van der Waals surface area contributed by atoms with Crippen molar-refractivity contribution < 1.29 is 19.1 Å². The summed E-state index contributed by atoms with van der Waals surface area (Å²) < 4.78 is 10.6. The molecule has 0 fully saturated rings. The van der Waals surface area contributed by atoms with Gasteiger partial charge in [0.1, 0.15) is 0 Å². The molecule has 1 aliphatic heterocycles. The second kappa shape index (κ2) is 5.46. The highest BCUT2D eigenvalue weighted by atomic mass is 35.5. The Balaban J connectivity index is 1.92. The zero-order chi connectivity index (χ0) is 14.8. The first kappa shape index (κ1) is 13.5. The number of rotatable bonds is 2. The maximum atomic E-state index is 12.1. The third kappa shape index (κ3) is 2.83. The van der Waals surface area contributed by atoms with Crippen LogP contribution in [-0.2, 0) is 4.79 Å². The number of esters is 1. The van der Waals surface area contributed by atoms with Crippen molar-refractivity contribution in [3.8, 4) is 11.5 Å². The predicted octanol–water partition coefficient (Wildman–Crippen LogP) is 2.89. The lowest BCUT2D eigenvalue weighted by atomic mass is 10.2. The Morgan fingerprint density at radius 2 is 2.00 bits per heavy atom. The van der Waals surface area contributed by atoms with E-state index in [1.54, 1.807) is 30.3 Å². The van der Waals surface area contributed by atoms with Gasteiger partial charge in [0.15, 0.2) is 18.1 Å². The number of carbonyl (C=O) groups excluding carboxylic acids is 2. The maximum absolute atomic E-state index is 12.1. The fourth-order valence-corrected chi connectivity index (χ4v) is 2.15. The van der Waals surface area contributed by atoms with Crippen LogP contribution in [0.1, 0.15) is 10.4 Å². The number of halogens is 1. The van der Waals surface area contributed by atoms with Crippen molar-refractivity contribution in [3.05, 3.63) is 53.1 Å². The van der Waals surface area contributed by atoms with Crippen LogP contribution in [-0.4, -0.2) is 18.5 Å². The van der Waals surface area contributed by atoms with Gasteiger partial charge < -0.3 is 14.8 Å². The Kier molecular flexibility index (Phi) is 3.50. The van der Waals surface area contributed by atoms with Crippen molar-refractivity contribution in [2.24, 2.45) is 0 Å². The fourth-order valence-electron chi connectivity index (χ4n) is 1.94. The number of carbonyl (C=O) groups is 2. The Morgan fingerprint density at radius 3 is 2.76 bits per heavy atom. The molecule has 0 spiro atoms. The van der Waals surface area contributed by atoms with Gasteiger partial charge in [-0.2, -0.15) is 0 Å². The molecule has 0 atom stereocenters. The molecule has 0 saturated carbocycles. The molecule has 2 aromatic rings. The molecule has 1 N–H and O–H groups in total. The van der Waals surface area contributed by atoms with E-state index in [4.69, 9.17) is 21.1 Å². The molecular weight excluding hydrogens is 294 g/mol. The van der Waals surface area contributed by atoms with Crippen LogP contribution >= 0.6 is 11.6 Å². The minimum Gasteiger partial charge on any atom is -0.478 e. The summed E-state index contributed by atoms with van der Waals surface area (Å²) in [5.74, 6) is -0.347. The van der Waals surface area contributed by atoms with Gasteiger partial charge in [0.05, 0.1) is 11.3 Å². The van der Waals surface area contributed by atoms with Gasteiger partial charge in [0.2, 0.25) is 0 Å². The highest BCUT2D eigenvalue weighted by molar-refractivity contribution is 6.31. The van der Waals surface area contributed by atoms with E-state index >= 15 is 0 Å². The summed E-state index contributed by atoms with van der Waals surface area (Å²) in [5.41, 5.74) is 0.792. The van der Waals surface area contributed by atoms with E-state index in [9.17, 15) is 9.59 Å². The predicted molar refractivity (Wildman–Crippen MR) is 77.0 cm³/mol. The van der Waals surface area contributed by atoms with Crippen molar-refractivity contribution in [2.75, 3.05) is 11.9 Å². The van der Waals surface area contributed by atoms with Crippen LogP contribution in [0.15, 0.2) is 42.5 Å². The van der Waals surface area contributed by atoms with E-state index < -0.39 is 5.97 Å². The van der Waals surface area contributed by atoms with E-state index in [1.165, 1.54) is 12.1 Å². The van der Waals surface area contributed by atoms with Gasteiger partial charge in [-0.25, -0.2) is 4.79 Å². The second-order valence-corrected chi connectivity index (χ2v) is 4.81. The van der Waals surface area contributed by atoms with Gasteiger partial charge in [-0.05, 0) is 18.2 Å². The summed E-state index contributed by atoms with van der Waals surface area (Å²) in [6, 6.07) is 11.6. The van der Waals surface area contributed by atoms with E-state index in [0.717, 1.165) is 0 Å². The normalized spacial score (nSPS) is 12.9. The Hall–Kier alpha value is -2.53. The molecular formula is C15H10ClNO4. The monoisotopic (exact) mass is 303 g/mol. The standard InChI is InChI=1S/C15H10ClNO4/c16-10-6-11-14(20-8-13(18)17-11)12(7-10)21-15(19)9-4-2-1-3-5-9/h1-7H,8H2,(H,17,18). The Morgan fingerprint density at radius 1 is 1.24 bits per heavy atom. The highest BCUT2D eigenvalue weighted by Gasteiger charge is 2.23. The topological polar surface area (TPSA) is 64.6 Å². The summed E-state index contributed by atoms with van der Waals surface area (Å²) >= 11 is 5.96. The average Bonchev–Trinajstić information content (AvgIpc) is 2.47. The van der Waals surface area contributed by atoms with Crippen LogP contribution in [0.3, 0.4) is 0 Å². The quantitative estimate of drug-likeness (QED) is 0.684. The van der Waals surface area contributed by atoms with Crippen LogP contribution in [0.2, 0.25) is 5.02 Å². The summed E-state index contributed by atoms with van der Waals surface area (Å²) in [4.78, 5) is 23.4. The molecule has 1 amide bonds. The summed E-state index contributed by atoms with van der Waals surface area (Å²) in [6.45, 7) is -0.134. The average molecular weight is 304 g/mol. The Labute approximate surface area is 125 Å². The molecule has 0 aliphatic carbocycles. The van der Waals surface area contributed by atoms with Gasteiger partial charge in [-0.3, -0.25) is 4.79 Å². The molecule has 0 radical (unpaired) electrons. The smallest absolute Gasteiger partial charge is 0.343 e. The highest BCUT2D eigenvalue weighted by Crippen LogP contribution is 2.40. The number of ether oxygens (including phenoxy) is 2. The number of amides is 1. The van der Waals surface area contributed by atoms with Crippen molar-refractivity contribution >= 4 is 29.2 Å². The molecule has 21 heavy (non-hydrogen) atoms. The molecule has 106 valence electrons. The number of anilines is 1. The number of nitrogens with one attached hydrogen (secondary N) is 1. The Bertz CT molecular complexity index is 715. The molecule has 1 aliphatic rings. The molecule has 3 rings (SSSR count). The van der Waals surface area contributed by atoms with E-state index in [2.05, 4.69) is 5.32 Å². The van der Waals surface area contributed by atoms with Crippen LogP contribution < -0.4 is 14.8 Å². The first-order valence-electron chi connectivity index (χ1n) is 6.17. The van der Waals surface area contributed by atoms with E-state index in [-0.39, 0.29) is 18.3 Å². The third-order valence-electron chi connectivity index (χ3n) is 2.85. The molecule has 6 heteroatoms. The van der Waals surface area contributed by atoms with Gasteiger partial charge >= 0.3 is 5.97 Å². The lowest BCUT2D eigenvalue weighted by Crippen LogP contribution is -2.26. The van der Waals surface area contributed by atoms with Gasteiger partial charge in [-0.15, -0.1) is 0 Å². The minimum absolute atomic E-state index is 0.134. The van der Waals surface area contributed by atoms with Gasteiger partial charge in [-0.1, -0.05) is 29.8 Å². The third-order valence-corrected chi connectivity index (χ3v) is 3.07. The van der Waals surface area contributed by atoms with Crippen molar-refractivity contribution in [3.63, 3.8) is 0 Å². The number of benzene rings is 2. The van der Waals surface area contributed by atoms with Crippen LogP contribution in [0.5, 0.6) is 11.5 Å². The molecule has 5 nitrogen and oxygen atoms in total. The summed E-state index contributed by atoms with van der Waals surface area (Å²) in [7, 11) is 0. The van der Waals surface area contributed by atoms with Gasteiger partial charge in [0, 0.05) is 11.1 Å². The SMILES string of the molecule is O=C1COc2c(cc(Cl)cc2OC(=O)c2ccccc2)N1. The minimum atomic E-state index is -0.527. The zero-order valence-electron chi connectivity index (χ0n) is 10.8. The zero-order valence-corrected chi connectivity index (χ0v) is 11.5. The summed E-state index contributed by atoms with van der Waals surface area (Å²) in [6.07, 6.45) is 0. The van der Waals surface area contributed by atoms with Gasteiger partial charge in [0.25, 0.3) is 5.91 Å². The van der Waals surface area contributed by atoms with E-state index in [0.29, 0.717) is 22.0 Å². The maximum Gasteiger partial charge on any atom is 0.343 e. The molecule has 0 saturated heterocycles. The largest absolute Gasteiger partial charge is 0.478 e. The second-order valence-electron chi connectivity index (χ2n) is 4.37. The van der Waals surface area contributed by atoms with Crippen LogP contribution in [0, 0.1) is 0 Å². The first-order chi connectivity index (χ1) is 10.1. The fraction of sp³-hybridized carbons (Fsp3) is 0.0667. The van der Waals surface area contributed by atoms with Crippen LogP contribution in [0.4, 0.5) is 5.69 Å². The number of hydrogen-bond donors (Lipinski definition) is 1. The molecule has 1 heterocycles. The van der Waals surface area contributed by atoms with Crippen molar-refractivity contribution in [1.82, 2.24) is 0 Å². The first-order valence-corrected chi connectivity index (χ1v) is 6.55. The molecule has 2 aromatic carbocycles. The van der Waals surface area contributed by atoms with Crippen molar-refractivity contribution in [1.29, 1.82) is 0 Å². The molecule has 0 bridgehead atoms. The van der Waals surface area contributed by atoms with E-state index in [1.807, 2.05) is 0 Å². The summed E-state index contributed by atoms with van der Waals surface area (Å²) in [5, 5.41) is 2.94. The molecule has 0 unspecified atom stereocenters. The van der Waals surface area contributed by atoms with Crippen molar-refractivity contribution in [2.45, 2.75) is 0 Å². The lowest BCUT2D eigenvalue weighted by Gasteiger charge is -2.20.